The van der Waals surface area contributed by atoms with Crippen LogP contribution in [0.25, 0.3) is 32.4 Å². The number of ether oxygens (including phenoxy) is 1. The van der Waals surface area contributed by atoms with Gasteiger partial charge in [-0.2, -0.15) is 13.2 Å². The van der Waals surface area contributed by atoms with E-state index in [9.17, 15) is 18.0 Å². The lowest BCUT2D eigenvalue weighted by atomic mass is 10.1. The lowest BCUT2D eigenvalue weighted by Gasteiger charge is -2.11. The highest BCUT2D eigenvalue weighted by Gasteiger charge is 2.36. The summed E-state index contributed by atoms with van der Waals surface area (Å²) in [5, 5.41) is 3.15. The van der Waals surface area contributed by atoms with Gasteiger partial charge in [0, 0.05) is 22.5 Å². The number of thiophene rings is 1. The van der Waals surface area contributed by atoms with Crippen LogP contribution < -0.4 is 15.8 Å². The first kappa shape index (κ1) is 22.6. The number of carbonyl (C=O) groups is 1. The number of pyridine rings is 2. The maximum atomic E-state index is 14.0. The van der Waals surface area contributed by atoms with Gasteiger partial charge in [-0.25, -0.2) is 4.98 Å². The minimum atomic E-state index is -4.70. The van der Waals surface area contributed by atoms with Gasteiger partial charge in [-0.1, -0.05) is 6.07 Å². The largest absolute Gasteiger partial charge is 0.497 e. The zero-order valence-electron chi connectivity index (χ0n) is 18.2. The average molecular weight is 494 g/mol. The molecule has 0 aliphatic heterocycles. The van der Waals surface area contributed by atoms with E-state index < -0.39 is 17.6 Å². The number of nitrogens with zero attached hydrogens (tertiary/aromatic N) is 2. The highest BCUT2D eigenvalue weighted by molar-refractivity contribution is 7.21. The Labute approximate surface area is 201 Å². The lowest BCUT2D eigenvalue weighted by molar-refractivity contribution is -0.136. The van der Waals surface area contributed by atoms with Crippen LogP contribution >= 0.6 is 11.3 Å². The third-order valence-electron chi connectivity index (χ3n) is 5.49. The molecule has 0 aliphatic rings. The molecule has 0 aliphatic carbocycles. The SMILES string of the molecule is COc1ccc(-c2cc(C(F)(F)F)c3c(N)c(C(=O)Nc4cccc5ncccc45)sc3n2)cc1. The average Bonchev–Trinajstić information content (AvgIpc) is 3.19. The first-order chi connectivity index (χ1) is 16.8. The predicted molar refractivity (Wildman–Crippen MR) is 131 cm³/mol. The second-order valence-corrected chi connectivity index (χ2v) is 8.64. The Morgan fingerprint density at radius 3 is 2.57 bits per heavy atom. The maximum Gasteiger partial charge on any atom is 0.417 e. The van der Waals surface area contributed by atoms with Crippen molar-refractivity contribution in [2.75, 3.05) is 18.2 Å². The van der Waals surface area contributed by atoms with E-state index in [1.807, 2.05) is 0 Å². The number of nitrogens with two attached hydrogens (primary N) is 1. The molecule has 10 heteroatoms. The number of carbonyl (C=O) groups excluding carboxylic acids is 1. The minimum Gasteiger partial charge on any atom is -0.497 e. The van der Waals surface area contributed by atoms with Gasteiger partial charge < -0.3 is 15.8 Å². The molecule has 2 aromatic carbocycles. The number of amides is 1. The van der Waals surface area contributed by atoms with Gasteiger partial charge in [0.2, 0.25) is 0 Å². The van der Waals surface area contributed by atoms with Crippen molar-refractivity contribution in [1.29, 1.82) is 0 Å². The van der Waals surface area contributed by atoms with E-state index in [1.165, 1.54) is 7.11 Å². The third kappa shape index (κ3) is 4.12. The monoisotopic (exact) mass is 494 g/mol. The summed E-state index contributed by atoms with van der Waals surface area (Å²) >= 11 is 0.815. The fourth-order valence-corrected chi connectivity index (χ4v) is 4.83. The summed E-state index contributed by atoms with van der Waals surface area (Å²) in [5.41, 5.74) is 6.62. The highest BCUT2D eigenvalue weighted by Crippen LogP contribution is 2.43. The van der Waals surface area contributed by atoms with Crippen molar-refractivity contribution >= 4 is 49.7 Å². The summed E-state index contributed by atoms with van der Waals surface area (Å²) in [6.07, 6.45) is -3.07. The predicted octanol–water partition coefficient (Wildman–Crippen LogP) is 6.37. The number of nitrogen functional groups attached to an aromatic ring is 1. The molecule has 0 bridgehead atoms. The van der Waals surface area contributed by atoms with Crippen molar-refractivity contribution < 1.29 is 22.7 Å². The molecule has 0 radical (unpaired) electrons. The van der Waals surface area contributed by atoms with Gasteiger partial charge in [0.05, 0.1) is 35.3 Å². The molecule has 6 nitrogen and oxygen atoms in total. The Balaban J connectivity index is 1.61. The Morgan fingerprint density at radius 2 is 1.86 bits per heavy atom. The van der Waals surface area contributed by atoms with Crippen molar-refractivity contribution in [3.63, 3.8) is 0 Å². The molecule has 5 rings (SSSR count). The summed E-state index contributed by atoms with van der Waals surface area (Å²) < 4.78 is 47.2. The summed E-state index contributed by atoms with van der Waals surface area (Å²) in [6.45, 7) is 0. The van der Waals surface area contributed by atoms with Crippen LogP contribution in [0.2, 0.25) is 0 Å². The van der Waals surface area contributed by atoms with Crippen LogP contribution in [0, 0.1) is 0 Å². The van der Waals surface area contributed by atoms with Gasteiger partial charge in [-0.15, -0.1) is 11.3 Å². The van der Waals surface area contributed by atoms with Gasteiger partial charge in [0.1, 0.15) is 15.5 Å². The van der Waals surface area contributed by atoms with E-state index in [0.29, 0.717) is 27.9 Å². The number of alkyl halides is 3. The van der Waals surface area contributed by atoms with Gasteiger partial charge in [0.15, 0.2) is 0 Å². The first-order valence-corrected chi connectivity index (χ1v) is 11.2. The van der Waals surface area contributed by atoms with Gasteiger partial charge in [-0.3, -0.25) is 9.78 Å². The normalized spacial score (nSPS) is 11.7. The maximum absolute atomic E-state index is 14.0. The minimum absolute atomic E-state index is 0.0212. The molecule has 35 heavy (non-hydrogen) atoms. The van der Waals surface area contributed by atoms with Crippen molar-refractivity contribution in [1.82, 2.24) is 9.97 Å². The number of rotatable bonds is 4. The molecule has 3 heterocycles. The van der Waals surface area contributed by atoms with Crippen molar-refractivity contribution in [2.45, 2.75) is 6.18 Å². The van der Waals surface area contributed by atoms with Gasteiger partial charge in [0.25, 0.3) is 5.91 Å². The number of hydrogen-bond donors (Lipinski definition) is 2. The molecule has 0 fully saturated rings. The molecule has 0 unspecified atom stereocenters. The Kier molecular flexibility index (Phi) is 5.52. The summed E-state index contributed by atoms with van der Waals surface area (Å²) in [5.74, 6) is -0.0604. The van der Waals surface area contributed by atoms with Crippen LogP contribution in [0.5, 0.6) is 5.75 Å². The molecule has 0 saturated carbocycles. The zero-order chi connectivity index (χ0) is 24.7. The lowest BCUT2D eigenvalue weighted by Crippen LogP contribution is -2.13. The van der Waals surface area contributed by atoms with Crippen LogP contribution in [0.1, 0.15) is 15.2 Å². The molecule has 0 atom stereocenters. The number of methoxy groups -OCH3 is 1. The molecular weight excluding hydrogens is 477 g/mol. The van der Waals surface area contributed by atoms with E-state index >= 15 is 0 Å². The fourth-order valence-electron chi connectivity index (χ4n) is 3.81. The van der Waals surface area contributed by atoms with E-state index in [1.54, 1.807) is 60.8 Å². The van der Waals surface area contributed by atoms with Crippen LogP contribution in [0.15, 0.2) is 66.9 Å². The second-order valence-electron chi connectivity index (χ2n) is 7.64. The number of nitrogens with one attached hydrogen (secondary N) is 1. The molecule has 1 amide bonds. The number of halogens is 3. The third-order valence-corrected chi connectivity index (χ3v) is 6.59. The van der Waals surface area contributed by atoms with E-state index in [4.69, 9.17) is 10.5 Å². The molecule has 3 N–H and O–H groups in total. The number of benzene rings is 2. The van der Waals surface area contributed by atoms with Crippen LogP contribution in [0.4, 0.5) is 24.5 Å². The van der Waals surface area contributed by atoms with Crippen LogP contribution in [-0.4, -0.2) is 23.0 Å². The Hall–Kier alpha value is -4.18. The van der Waals surface area contributed by atoms with E-state index in [0.717, 1.165) is 17.4 Å². The standard InChI is InChI=1S/C25H17F3N4O2S/c1-34-14-9-7-13(8-10-14)19-12-16(25(26,27)28)20-21(29)22(35-24(20)32-19)23(33)31-18-6-2-5-17-15(18)4-3-11-30-17/h2-12H,29H2,1H3,(H,31,33). The number of anilines is 2. The molecule has 5 aromatic rings. The number of aromatic nitrogens is 2. The van der Waals surface area contributed by atoms with E-state index in [2.05, 4.69) is 15.3 Å². The second kappa shape index (κ2) is 8.55. The van der Waals surface area contributed by atoms with Crippen LogP contribution in [-0.2, 0) is 6.18 Å². The van der Waals surface area contributed by atoms with Crippen molar-refractivity contribution in [3.05, 3.63) is 77.3 Å². The molecule has 176 valence electrons. The molecule has 0 saturated heterocycles. The summed E-state index contributed by atoms with van der Waals surface area (Å²) in [7, 11) is 1.50. The highest BCUT2D eigenvalue weighted by atomic mass is 32.1. The first-order valence-electron chi connectivity index (χ1n) is 10.4. The Bertz CT molecular complexity index is 1580. The smallest absolute Gasteiger partial charge is 0.417 e. The van der Waals surface area contributed by atoms with E-state index in [-0.39, 0.29) is 26.5 Å². The fraction of sp³-hybridized carbons (Fsp3) is 0.0800. The topological polar surface area (TPSA) is 90.1 Å². The molecular formula is C25H17F3N4O2S. The van der Waals surface area contributed by atoms with Crippen LogP contribution in [0.3, 0.4) is 0 Å². The summed E-state index contributed by atoms with van der Waals surface area (Å²) in [6, 6.07) is 16.2. The van der Waals surface area contributed by atoms with Gasteiger partial charge in [-0.05, 0) is 54.6 Å². The molecule has 3 aromatic heterocycles. The van der Waals surface area contributed by atoms with Crippen molar-refractivity contribution in [2.24, 2.45) is 0 Å². The van der Waals surface area contributed by atoms with Gasteiger partial charge >= 0.3 is 6.18 Å². The van der Waals surface area contributed by atoms with Crippen molar-refractivity contribution in [3.8, 4) is 17.0 Å². The quantitative estimate of drug-likeness (QED) is 0.303. The number of fused-ring (bicyclic) bond motifs is 2. The Morgan fingerprint density at radius 1 is 1.09 bits per heavy atom. The number of hydrogen-bond acceptors (Lipinski definition) is 6. The zero-order valence-corrected chi connectivity index (χ0v) is 19.0. The summed E-state index contributed by atoms with van der Waals surface area (Å²) in [4.78, 5) is 21.7. The molecule has 0 spiro atoms.